The van der Waals surface area contributed by atoms with Crippen molar-refractivity contribution in [3.8, 4) is 16.8 Å². The zero-order chi connectivity index (χ0) is 45.0. The second-order valence-corrected chi connectivity index (χ2v) is 21.4. The number of fused-ring (bicyclic) bond motifs is 6. The molecule has 320 valence electrons. The fourth-order valence-electron chi connectivity index (χ4n) is 11.1. The first kappa shape index (κ1) is 39.6. The molecule has 0 bridgehead atoms. The molecule has 13 rings (SSSR count). The molecule has 0 N–H and O–H groups in total. The summed E-state index contributed by atoms with van der Waals surface area (Å²) in [5.74, 6) is 0. The van der Waals surface area contributed by atoms with Crippen molar-refractivity contribution in [2.45, 2.75) is 0 Å². The number of hydrogen-bond donors (Lipinski definition) is 0. The highest BCUT2D eigenvalue weighted by atomic mass is 28.3. The van der Waals surface area contributed by atoms with E-state index in [1.807, 2.05) is 0 Å². The van der Waals surface area contributed by atoms with Gasteiger partial charge in [0.15, 0.2) is 8.07 Å². The number of anilines is 6. The van der Waals surface area contributed by atoms with Gasteiger partial charge in [-0.3, -0.25) is 0 Å². The summed E-state index contributed by atoms with van der Waals surface area (Å²) in [6.07, 6.45) is 0. The van der Waals surface area contributed by atoms with E-state index in [1.165, 1.54) is 75.8 Å². The van der Waals surface area contributed by atoms with E-state index >= 15 is 0 Å². The van der Waals surface area contributed by atoms with Crippen molar-refractivity contribution in [2.24, 2.45) is 0 Å². The highest BCUT2D eigenvalue weighted by Crippen LogP contribution is 2.43. The third-order valence-electron chi connectivity index (χ3n) is 14.0. The summed E-state index contributed by atoms with van der Waals surface area (Å²) in [4.78, 5) is 4.93. The standard InChI is InChI=1S/C64H45N3Si/c1-4-21-48(22-5-1)67-61-33-16-17-34-63(61)68(53-23-6-2-7-24-53,54-25-8-3-9-26-54)64-45-52(43-44-62(64)67)65(49-37-35-47(36-38-49)56-30-18-20-46-19-10-11-27-55(46)56)50-39-41-51(42-40-50)66-59-31-14-12-28-57(59)58-29-13-15-32-60(58)66/h1-45H. The second-order valence-electron chi connectivity index (χ2n) is 17.7. The lowest BCUT2D eigenvalue weighted by molar-refractivity contribution is 1.17. The average Bonchev–Trinajstić information content (AvgIpc) is 3.75. The lowest BCUT2D eigenvalue weighted by Gasteiger charge is -2.45. The Hall–Kier alpha value is -8.70. The molecular weight excluding hydrogens is 839 g/mol. The molecule has 0 spiro atoms. The quantitative estimate of drug-likeness (QED) is 0.141. The molecule has 0 radical (unpaired) electrons. The van der Waals surface area contributed by atoms with Gasteiger partial charge in [-0.15, -0.1) is 0 Å². The van der Waals surface area contributed by atoms with E-state index < -0.39 is 8.07 Å². The molecular formula is C64H45N3Si. The first-order chi connectivity index (χ1) is 33.8. The predicted octanol–water partition coefficient (Wildman–Crippen LogP) is 14.2. The van der Waals surface area contributed by atoms with Crippen molar-refractivity contribution in [3.05, 3.63) is 273 Å². The van der Waals surface area contributed by atoms with Gasteiger partial charge in [0, 0.05) is 50.6 Å². The van der Waals surface area contributed by atoms with E-state index in [2.05, 4.69) is 287 Å². The van der Waals surface area contributed by atoms with Gasteiger partial charge < -0.3 is 14.4 Å². The van der Waals surface area contributed by atoms with E-state index in [4.69, 9.17) is 0 Å². The zero-order valence-corrected chi connectivity index (χ0v) is 38.3. The van der Waals surface area contributed by atoms with Gasteiger partial charge in [0.05, 0.1) is 11.0 Å². The maximum atomic E-state index is 2.52. The van der Waals surface area contributed by atoms with Crippen molar-refractivity contribution in [2.75, 3.05) is 9.80 Å². The third-order valence-corrected chi connectivity index (χ3v) is 18.9. The largest absolute Gasteiger partial charge is 0.311 e. The molecule has 0 saturated heterocycles. The summed E-state index contributed by atoms with van der Waals surface area (Å²) in [5, 5.41) is 10.4. The molecule has 12 aromatic rings. The van der Waals surface area contributed by atoms with Crippen LogP contribution in [0.3, 0.4) is 0 Å². The van der Waals surface area contributed by atoms with Crippen molar-refractivity contribution in [1.29, 1.82) is 0 Å². The van der Waals surface area contributed by atoms with Gasteiger partial charge in [-0.1, -0.05) is 188 Å². The number of benzene rings is 11. The van der Waals surface area contributed by atoms with Gasteiger partial charge >= 0.3 is 0 Å². The van der Waals surface area contributed by atoms with Gasteiger partial charge in [-0.2, -0.15) is 0 Å². The molecule has 0 saturated carbocycles. The van der Waals surface area contributed by atoms with Crippen LogP contribution in [0.15, 0.2) is 273 Å². The topological polar surface area (TPSA) is 11.4 Å². The van der Waals surface area contributed by atoms with Crippen LogP contribution in [0.1, 0.15) is 0 Å². The average molecular weight is 884 g/mol. The predicted molar refractivity (Wildman–Crippen MR) is 290 cm³/mol. The summed E-state index contributed by atoms with van der Waals surface area (Å²) in [6.45, 7) is 0. The van der Waals surface area contributed by atoms with Crippen LogP contribution in [0.4, 0.5) is 34.1 Å². The van der Waals surface area contributed by atoms with Crippen molar-refractivity contribution < 1.29 is 0 Å². The molecule has 0 aliphatic carbocycles. The van der Waals surface area contributed by atoms with Crippen molar-refractivity contribution in [3.63, 3.8) is 0 Å². The minimum atomic E-state index is -2.98. The highest BCUT2D eigenvalue weighted by molar-refractivity contribution is 7.21. The Morgan fingerprint density at radius 1 is 0.324 bits per heavy atom. The van der Waals surface area contributed by atoms with Crippen LogP contribution in [0.25, 0.3) is 49.4 Å². The monoisotopic (exact) mass is 883 g/mol. The molecule has 1 aliphatic rings. The van der Waals surface area contributed by atoms with E-state index in [0.29, 0.717) is 0 Å². The Labute approximate surface area is 397 Å². The molecule has 0 amide bonds. The van der Waals surface area contributed by atoms with Crippen LogP contribution in [-0.2, 0) is 0 Å². The van der Waals surface area contributed by atoms with Gasteiger partial charge in [0.1, 0.15) is 0 Å². The van der Waals surface area contributed by atoms with Crippen LogP contribution in [-0.4, -0.2) is 12.6 Å². The van der Waals surface area contributed by atoms with Crippen LogP contribution in [0, 0.1) is 0 Å². The molecule has 4 heteroatoms. The van der Waals surface area contributed by atoms with E-state index in [1.54, 1.807) is 0 Å². The summed E-state index contributed by atoms with van der Waals surface area (Å²) >= 11 is 0. The summed E-state index contributed by atoms with van der Waals surface area (Å²) < 4.78 is 2.39. The summed E-state index contributed by atoms with van der Waals surface area (Å²) in [7, 11) is -2.98. The molecule has 0 atom stereocenters. The van der Waals surface area contributed by atoms with Crippen LogP contribution >= 0.6 is 0 Å². The Balaban J connectivity index is 1.05. The fourth-order valence-corrected chi connectivity index (χ4v) is 16.2. The molecule has 2 heterocycles. The minimum Gasteiger partial charge on any atom is -0.311 e. The molecule has 0 unspecified atom stereocenters. The normalized spacial score (nSPS) is 12.8. The Bertz CT molecular complexity index is 3690. The summed E-state index contributed by atoms with van der Waals surface area (Å²) in [6, 6.07) is 101. The number of rotatable bonds is 8. The lowest BCUT2D eigenvalue weighted by atomic mass is 9.98. The van der Waals surface area contributed by atoms with Gasteiger partial charge in [-0.25, -0.2) is 0 Å². The van der Waals surface area contributed by atoms with Crippen molar-refractivity contribution in [1.82, 2.24) is 4.57 Å². The number of hydrogen-bond acceptors (Lipinski definition) is 2. The summed E-state index contributed by atoms with van der Waals surface area (Å²) in [5.41, 5.74) is 12.8. The highest BCUT2D eigenvalue weighted by Gasteiger charge is 2.49. The molecule has 1 aromatic heterocycles. The number of aromatic nitrogens is 1. The smallest absolute Gasteiger partial charge is 0.184 e. The van der Waals surface area contributed by atoms with Crippen LogP contribution in [0.5, 0.6) is 0 Å². The maximum absolute atomic E-state index is 2.98. The van der Waals surface area contributed by atoms with E-state index in [-0.39, 0.29) is 0 Å². The Morgan fingerprint density at radius 3 is 1.49 bits per heavy atom. The van der Waals surface area contributed by atoms with Crippen molar-refractivity contribution >= 4 is 95.5 Å². The van der Waals surface area contributed by atoms with E-state index in [9.17, 15) is 0 Å². The minimum absolute atomic E-state index is 1.08. The first-order valence-corrected chi connectivity index (χ1v) is 25.4. The molecule has 1 aliphatic heterocycles. The SMILES string of the molecule is c1ccc(N2c3ccccc3[Si](c3ccccc3)(c3ccccc3)c3cc(N(c4ccc(-c5cccc6ccccc56)cc4)c4ccc(-n5c6ccccc6c6ccccc65)cc4)ccc32)cc1. The molecule has 0 fully saturated rings. The van der Waals surface area contributed by atoms with Crippen LogP contribution < -0.4 is 30.5 Å². The van der Waals surface area contributed by atoms with Gasteiger partial charge in [0.25, 0.3) is 0 Å². The Morgan fingerprint density at radius 2 is 0.824 bits per heavy atom. The van der Waals surface area contributed by atoms with Gasteiger partial charge in [0.2, 0.25) is 0 Å². The lowest BCUT2D eigenvalue weighted by Crippen LogP contribution is -2.77. The third kappa shape index (κ3) is 6.26. The zero-order valence-electron chi connectivity index (χ0n) is 37.3. The Kier molecular flexibility index (Phi) is 9.51. The second kappa shape index (κ2) is 16.3. The number of nitrogens with zero attached hydrogens (tertiary/aromatic N) is 3. The van der Waals surface area contributed by atoms with Crippen LogP contribution in [0.2, 0.25) is 0 Å². The molecule has 11 aromatic carbocycles. The molecule has 68 heavy (non-hydrogen) atoms. The van der Waals surface area contributed by atoms with E-state index in [0.717, 1.165) is 28.4 Å². The first-order valence-electron chi connectivity index (χ1n) is 23.4. The molecule has 3 nitrogen and oxygen atoms in total. The fraction of sp³-hybridized carbons (Fsp3) is 0. The number of para-hydroxylation sites is 4. The maximum Gasteiger partial charge on any atom is 0.184 e. The van der Waals surface area contributed by atoms with Gasteiger partial charge in [-0.05, 0) is 128 Å².